The van der Waals surface area contributed by atoms with Gasteiger partial charge >= 0.3 is 0 Å². The van der Waals surface area contributed by atoms with E-state index in [0.29, 0.717) is 0 Å². The molecular weight excluding hydrogens is 367 g/mol. The van der Waals surface area contributed by atoms with Crippen LogP contribution in [-0.2, 0) is 21.2 Å². The lowest BCUT2D eigenvalue weighted by atomic mass is 9.87. The van der Waals surface area contributed by atoms with Gasteiger partial charge in [-0.25, -0.2) is 12.8 Å². The Hall–Kier alpha value is -2.41. The molecular formula is C20H23FN2O3S. The van der Waals surface area contributed by atoms with Crippen LogP contribution in [0.5, 0.6) is 0 Å². The number of halogens is 1. The largest absolute Gasteiger partial charge is 0.347 e. The van der Waals surface area contributed by atoms with Crippen molar-refractivity contribution in [3.05, 3.63) is 65.5 Å². The van der Waals surface area contributed by atoms with Gasteiger partial charge in [-0.05, 0) is 55.5 Å². The number of amides is 1. The number of rotatable bonds is 5. The second kappa shape index (κ2) is 7.68. The van der Waals surface area contributed by atoms with Crippen molar-refractivity contribution >= 4 is 21.6 Å². The van der Waals surface area contributed by atoms with Gasteiger partial charge < -0.3 is 5.32 Å². The number of nitrogens with one attached hydrogen (secondary N) is 1. The molecule has 0 fully saturated rings. The predicted molar refractivity (Wildman–Crippen MR) is 103 cm³/mol. The van der Waals surface area contributed by atoms with Crippen molar-refractivity contribution in [2.75, 3.05) is 10.6 Å². The molecule has 0 spiro atoms. The highest BCUT2D eigenvalue weighted by atomic mass is 32.2. The minimum absolute atomic E-state index is 0.129. The van der Waals surface area contributed by atoms with Gasteiger partial charge in [-0.3, -0.25) is 9.10 Å². The number of hydrogen-bond acceptors (Lipinski definition) is 3. The lowest BCUT2D eigenvalue weighted by Crippen LogP contribution is -2.49. The number of fused-ring (bicyclic) bond motifs is 1. The first-order valence-corrected chi connectivity index (χ1v) is 10.8. The van der Waals surface area contributed by atoms with Gasteiger partial charge in [-0.1, -0.05) is 30.3 Å². The van der Waals surface area contributed by atoms with Crippen molar-refractivity contribution < 1.29 is 17.6 Å². The Bertz CT molecular complexity index is 946. The quantitative estimate of drug-likeness (QED) is 0.853. The molecule has 2 aromatic rings. The fourth-order valence-electron chi connectivity index (χ4n) is 3.62. The lowest BCUT2D eigenvalue weighted by Gasteiger charge is -2.31. The summed E-state index contributed by atoms with van der Waals surface area (Å²) in [7, 11) is -3.77. The Labute approximate surface area is 159 Å². The smallest absolute Gasteiger partial charge is 0.244 e. The van der Waals surface area contributed by atoms with E-state index < -0.39 is 27.8 Å². The summed E-state index contributed by atoms with van der Waals surface area (Å²) in [6, 6.07) is 12.0. The molecule has 1 amide bonds. The summed E-state index contributed by atoms with van der Waals surface area (Å²) in [4.78, 5) is 12.9. The van der Waals surface area contributed by atoms with Crippen LogP contribution in [0.2, 0.25) is 0 Å². The molecule has 0 bridgehead atoms. The molecule has 2 atom stereocenters. The van der Waals surface area contributed by atoms with E-state index in [1.165, 1.54) is 30.7 Å². The highest BCUT2D eigenvalue weighted by Crippen LogP contribution is 2.30. The minimum atomic E-state index is -3.77. The van der Waals surface area contributed by atoms with Crippen LogP contribution < -0.4 is 9.62 Å². The Morgan fingerprint density at radius 3 is 2.67 bits per heavy atom. The molecule has 0 saturated heterocycles. The SMILES string of the molecule is C[C@H](C(=O)N[C@H]1CCCc2ccccc21)N(c1cccc(F)c1)S(C)(=O)=O. The summed E-state index contributed by atoms with van der Waals surface area (Å²) in [5.74, 6) is -0.971. The maximum atomic E-state index is 13.6. The molecule has 0 heterocycles. The maximum Gasteiger partial charge on any atom is 0.244 e. The van der Waals surface area contributed by atoms with E-state index >= 15 is 0 Å². The molecule has 0 radical (unpaired) electrons. The molecule has 0 unspecified atom stereocenters. The van der Waals surface area contributed by atoms with Crippen LogP contribution in [0.3, 0.4) is 0 Å². The molecule has 1 N–H and O–H groups in total. The second-order valence-electron chi connectivity index (χ2n) is 6.87. The number of aryl methyl sites for hydroxylation is 1. The van der Waals surface area contributed by atoms with Crippen LogP contribution in [0.25, 0.3) is 0 Å². The van der Waals surface area contributed by atoms with Crippen LogP contribution >= 0.6 is 0 Å². The van der Waals surface area contributed by atoms with Crippen LogP contribution in [0.15, 0.2) is 48.5 Å². The Balaban J connectivity index is 1.85. The van der Waals surface area contributed by atoms with E-state index in [-0.39, 0.29) is 11.7 Å². The Morgan fingerprint density at radius 2 is 1.96 bits per heavy atom. The van der Waals surface area contributed by atoms with Gasteiger partial charge in [0.1, 0.15) is 11.9 Å². The van der Waals surface area contributed by atoms with Gasteiger partial charge in [0, 0.05) is 0 Å². The zero-order chi connectivity index (χ0) is 19.6. The summed E-state index contributed by atoms with van der Waals surface area (Å²) >= 11 is 0. The Morgan fingerprint density at radius 1 is 1.22 bits per heavy atom. The maximum absolute atomic E-state index is 13.6. The molecule has 1 aliphatic carbocycles. The van der Waals surface area contributed by atoms with Gasteiger partial charge in [0.15, 0.2) is 0 Å². The van der Waals surface area contributed by atoms with Crippen molar-refractivity contribution in [2.24, 2.45) is 0 Å². The molecule has 1 aliphatic rings. The molecule has 2 aromatic carbocycles. The van der Waals surface area contributed by atoms with Crippen LogP contribution in [-0.4, -0.2) is 26.6 Å². The molecule has 0 saturated carbocycles. The Kier molecular flexibility index (Phi) is 5.51. The highest BCUT2D eigenvalue weighted by Gasteiger charge is 2.31. The van der Waals surface area contributed by atoms with Crippen molar-refractivity contribution in [2.45, 2.75) is 38.3 Å². The monoisotopic (exact) mass is 390 g/mol. The summed E-state index contributed by atoms with van der Waals surface area (Å²) < 4.78 is 39.2. The van der Waals surface area contributed by atoms with Crippen molar-refractivity contribution in [1.82, 2.24) is 5.32 Å². The fraction of sp³-hybridized carbons (Fsp3) is 0.350. The van der Waals surface area contributed by atoms with Crippen LogP contribution in [0.4, 0.5) is 10.1 Å². The molecule has 7 heteroatoms. The average molecular weight is 390 g/mol. The number of anilines is 1. The lowest BCUT2D eigenvalue weighted by molar-refractivity contribution is -0.122. The van der Waals surface area contributed by atoms with Gasteiger partial charge in [-0.15, -0.1) is 0 Å². The summed E-state index contributed by atoms with van der Waals surface area (Å²) in [6.45, 7) is 1.51. The van der Waals surface area contributed by atoms with Crippen LogP contribution in [0, 0.1) is 5.82 Å². The third-order valence-electron chi connectivity index (χ3n) is 4.84. The molecule has 3 rings (SSSR count). The van der Waals surface area contributed by atoms with E-state index in [1.807, 2.05) is 24.3 Å². The number of sulfonamides is 1. The average Bonchev–Trinajstić information content (AvgIpc) is 2.61. The number of carbonyl (C=O) groups excluding carboxylic acids is 1. The van der Waals surface area contributed by atoms with E-state index in [4.69, 9.17) is 0 Å². The zero-order valence-electron chi connectivity index (χ0n) is 15.4. The van der Waals surface area contributed by atoms with Gasteiger partial charge in [0.25, 0.3) is 0 Å². The normalized spacial score (nSPS) is 17.7. The summed E-state index contributed by atoms with van der Waals surface area (Å²) in [5.41, 5.74) is 2.40. The van der Waals surface area contributed by atoms with E-state index in [9.17, 15) is 17.6 Å². The first-order chi connectivity index (χ1) is 12.8. The molecule has 144 valence electrons. The summed E-state index contributed by atoms with van der Waals surface area (Å²) in [5, 5.41) is 2.97. The molecule has 0 aliphatic heterocycles. The predicted octanol–water partition coefficient (Wildman–Crippen LogP) is 3.17. The van der Waals surface area contributed by atoms with E-state index in [2.05, 4.69) is 5.32 Å². The van der Waals surface area contributed by atoms with Crippen LogP contribution in [0.1, 0.15) is 36.9 Å². The molecule has 0 aromatic heterocycles. The third-order valence-corrected chi connectivity index (χ3v) is 6.08. The van der Waals surface area contributed by atoms with Crippen molar-refractivity contribution in [3.63, 3.8) is 0 Å². The van der Waals surface area contributed by atoms with Gasteiger partial charge in [0.2, 0.25) is 15.9 Å². The second-order valence-corrected chi connectivity index (χ2v) is 8.73. The molecule has 5 nitrogen and oxygen atoms in total. The van der Waals surface area contributed by atoms with Gasteiger partial charge in [-0.2, -0.15) is 0 Å². The van der Waals surface area contributed by atoms with E-state index in [1.54, 1.807) is 0 Å². The van der Waals surface area contributed by atoms with Crippen molar-refractivity contribution in [3.8, 4) is 0 Å². The van der Waals surface area contributed by atoms with Crippen molar-refractivity contribution in [1.29, 1.82) is 0 Å². The number of benzene rings is 2. The first-order valence-electron chi connectivity index (χ1n) is 8.90. The summed E-state index contributed by atoms with van der Waals surface area (Å²) in [6.07, 6.45) is 3.73. The zero-order valence-corrected chi connectivity index (χ0v) is 16.2. The standard InChI is InChI=1S/C20H23FN2O3S/c1-14(23(27(2,25)26)17-10-6-9-16(21)13-17)20(24)22-19-12-5-8-15-7-3-4-11-18(15)19/h3-4,6-7,9-11,13-14,19H,5,8,12H2,1-2H3,(H,22,24)/t14-,19+/m1/s1. The highest BCUT2D eigenvalue weighted by molar-refractivity contribution is 7.92. The fourth-order valence-corrected chi connectivity index (χ4v) is 4.78. The number of carbonyl (C=O) groups is 1. The van der Waals surface area contributed by atoms with Gasteiger partial charge in [0.05, 0.1) is 18.0 Å². The third kappa shape index (κ3) is 4.30. The minimum Gasteiger partial charge on any atom is -0.347 e. The topological polar surface area (TPSA) is 66.5 Å². The number of nitrogens with zero attached hydrogens (tertiary/aromatic N) is 1. The first kappa shape index (κ1) is 19.4. The molecule has 27 heavy (non-hydrogen) atoms. The van der Waals surface area contributed by atoms with E-state index in [0.717, 1.165) is 41.5 Å². The number of hydrogen-bond donors (Lipinski definition) is 1.